The predicted molar refractivity (Wildman–Crippen MR) is 68.0 cm³/mol. The maximum Gasteiger partial charge on any atom is 0.355 e. The topological polar surface area (TPSA) is 59.4 Å². The van der Waals surface area contributed by atoms with E-state index in [1.54, 1.807) is 6.07 Å². The second-order valence-electron chi connectivity index (χ2n) is 3.13. The zero-order valence-corrected chi connectivity index (χ0v) is 10.6. The van der Waals surface area contributed by atoms with E-state index in [0.29, 0.717) is 14.8 Å². The molecule has 0 atom stereocenters. The number of carbonyl (C=O) groups is 1. The molecule has 0 aliphatic heterocycles. The number of fused-ring (bicyclic) bond motifs is 1. The second-order valence-corrected chi connectivity index (χ2v) is 4.21. The second kappa shape index (κ2) is 4.25. The number of halogens is 1. The fourth-order valence-electron chi connectivity index (χ4n) is 1.50. The van der Waals surface area contributed by atoms with E-state index in [1.165, 1.54) is 7.11 Å². The van der Waals surface area contributed by atoms with E-state index in [0.717, 1.165) is 5.39 Å². The van der Waals surface area contributed by atoms with Gasteiger partial charge < -0.3 is 9.84 Å². The quantitative estimate of drug-likeness (QED) is 0.861. The fourth-order valence-corrected chi connectivity index (χ4v) is 2.36. The minimum Gasteiger partial charge on any atom is -0.495 e. The predicted octanol–water partition coefficient (Wildman–Crippen LogP) is 2.55. The highest BCUT2D eigenvalue weighted by atomic mass is 127. The molecule has 0 unspecified atom stereocenters. The van der Waals surface area contributed by atoms with Crippen LogP contribution in [0.1, 0.15) is 10.5 Å². The first-order valence-electron chi connectivity index (χ1n) is 4.50. The van der Waals surface area contributed by atoms with Crippen LogP contribution in [0.5, 0.6) is 5.75 Å². The van der Waals surface area contributed by atoms with E-state index in [9.17, 15) is 4.79 Å². The van der Waals surface area contributed by atoms with Gasteiger partial charge in [-0.15, -0.1) is 0 Å². The van der Waals surface area contributed by atoms with Crippen molar-refractivity contribution in [3.05, 3.63) is 33.5 Å². The van der Waals surface area contributed by atoms with Gasteiger partial charge in [-0.2, -0.15) is 0 Å². The lowest BCUT2D eigenvalue weighted by atomic mass is 10.2. The van der Waals surface area contributed by atoms with Crippen molar-refractivity contribution in [1.82, 2.24) is 4.98 Å². The Hall–Kier alpha value is -1.37. The molecule has 16 heavy (non-hydrogen) atoms. The van der Waals surface area contributed by atoms with Crippen LogP contribution in [0.25, 0.3) is 10.9 Å². The number of hydrogen-bond donors (Lipinski definition) is 1. The van der Waals surface area contributed by atoms with Crippen LogP contribution in [0, 0.1) is 3.57 Å². The number of benzene rings is 1. The van der Waals surface area contributed by atoms with Crippen molar-refractivity contribution in [3.63, 3.8) is 0 Å². The number of methoxy groups -OCH3 is 1. The highest BCUT2D eigenvalue weighted by Gasteiger charge is 2.17. The maximum absolute atomic E-state index is 11.0. The van der Waals surface area contributed by atoms with Gasteiger partial charge in [0.15, 0.2) is 5.69 Å². The van der Waals surface area contributed by atoms with Gasteiger partial charge in [-0.05, 0) is 34.7 Å². The third-order valence-corrected chi connectivity index (χ3v) is 3.20. The highest BCUT2D eigenvalue weighted by molar-refractivity contribution is 14.1. The summed E-state index contributed by atoms with van der Waals surface area (Å²) in [6.07, 6.45) is 0. The van der Waals surface area contributed by atoms with Gasteiger partial charge in [0, 0.05) is 5.39 Å². The Morgan fingerprint density at radius 3 is 2.75 bits per heavy atom. The molecule has 1 aromatic carbocycles. The van der Waals surface area contributed by atoms with Crippen molar-refractivity contribution >= 4 is 39.5 Å². The lowest BCUT2D eigenvalue weighted by molar-refractivity contribution is 0.0689. The lowest BCUT2D eigenvalue weighted by Gasteiger charge is -2.09. The van der Waals surface area contributed by atoms with Crippen LogP contribution in [-0.4, -0.2) is 23.2 Å². The van der Waals surface area contributed by atoms with E-state index in [4.69, 9.17) is 9.84 Å². The Morgan fingerprint density at radius 1 is 1.44 bits per heavy atom. The largest absolute Gasteiger partial charge is 0.495 e. The summed E-state index contributed by atoms with van der Waals surface area (Å²) in [5.41, 5.74) is 0.647. The zero-order valence-electron chi connectivity index (χ0n) is 8.40. The summed E-state index contributed by atoms with van der Waals surface area (Å²) in [5, 5.41) is 9.84. The molecule has 82 valence electrons. The molecule has 0 saturated heterocycles. The monoisotopic (exact) mass is 329 g/mol. The van der Waals surface area contributed by atoms with Gasteiger partial charge in [0.25, 0.3) is 0 Å². The molecule has 0 amide bonds. The average Bonchev–Trinajstić information content (AvgIpc) is 2.28. The summed E-state index contributed by atoms with van der Waals surface area (Å²) in [7, 11) is 1.52. The summed E-state index contributed by atoms with van der Waals surface area (Å²) in [5.74, 6) is -0.489. The van der Waals surface area contributed by atoms with E-state index in [2.05, 4.69) is 4.98 Å². The number of para-hydroxylation sites is 1. The van der Waals surface area contributed by atoms with E-state index in [-0.39, 0.29) is 5.69 Å². The molecule has 0 radical (unpaired) electrons. The van der Waals surface area contributed by atoms with Crippen LogP contribution in [-0.2, 0) is 0 Å². The summed E-state index contributed by atoms with van der Waals surface area (Å²) in [6, 6.07) is 7.30. The number of aromatic nitrogens is 1. The number of pyridine rings is 1. The molecule has 0 aliphatic carbocycles. The van der Waals surface area contributed by atoms with Crippen molar-refractivity contribution in [2.75, 3.05) is 7.11 Å². The first-order valence-corrected chi connectivity index (χ1v) is 5.58. The molecular formula is C11H8INO3. The van der Waals surface area contributed by atoms with Gasteiger partial charge in [0.05, 0.1) is 16.2 Å². The van der Waals surface area contributed by atoms with Gasteiger partial charge in [0.2, 0.25) is 0 Å². The van der Waals surface area contributed by atoms with Crippen molar-refractivity contribution in [3.8, 4) is 5.75 Å². The number of aromatic carboxylic acids is 1. The fraction of sp³-hybridized carbons (Fsp3) is 0.0909. The molecule has 0 saturated carbocycles. The Morgan fingerprint density at radius 2 is 2.12 bits per heavy atom. The van der Waals surface area contributed by atoms with Crippen LogP contribution in [0.4, 0.5) is 0 Å². The van der Waals surface area contributed by atoms with Gasteiger partial charge in [0.1, 0.15) is 5.75 Å². The standard InChI is InChI=1S/C11H8INO3/c1-16-10-6-4-2-3-5-7(6)13-9(8(10)12)11(14)15/h2-5H,1H3,(H,14,15). The van der Waals surface area contributed by atoms with Gasteiger partial charge in [-0.1, -0.05) is 12.1 Å². The Balaban J connectivity index is 2.88. The molecule has 2 rings (SSSR count). The van der Waals surface area contributed by atoms with E-state index in [1.807, 2.05) is 40.8 Å². The average molecular weight is 329 g/mol. The molecular weight excluding hydrogens is 321 g/mol. The van der Waals surface area contributed by atoms with Crippen molar-refractivity contribution < 1.29 is 14.6 Å². The van der Waals surface area contributed by atoms with Crippen molar-refractivity contribution in [2.24, 2.45) is 0 Å². The third-order valence-electron chi connectivity index (χ3n) is 2.19. The van der Waals surface area contributed by atoms with E-state index >= 15 is 0 Å². The number of nitrogens with zero attached hydrogens (tertiary/aromatic N) is 1. The normalized spacial score (nSPS) is 10.4. The Labute approximate surface area is 105 Å². The molecule has 0 fully saturated rings. The summed E-state index contributed by atoms with van der Waals surface area (Å²) in [4.78, 5) is 15.1. The Bertz CT molecular complexity index is 568. The highest BCUT2D eigenvalue weighted by Crippen LogP contribution is 2.31. The molecule has 0 aliphatic rings. The number of rotatable bonds is 2. The SMILES string of the molecule is COc1c(I)c(C(=O)O)nc2ccccc12. The molecule has 1 heterocycles. The van der Waals surface area contributed by atoms with Crippen LogP contribution in [0.15, 0.2) is 24.3 Å². The first kappa shape index (κ1) is 11.1. The first-order chi connectivity index (χ1) is 7.65. The Kier molecular flexibility index (Phi) is 2.95. The van der Waals surface area contributed by atoms with Crippen LogP contribution < -0.4 is 4.74 Å². The van der Waals surface area contributed by atoms with Crippen LogP contribution in [0.3, 0.4) is 0 Å². The molecule has 1 N–H and O–H groups in total. The van der Waals surface area contributed by atoms with Crippen molar-refractivity contribution in [2.45, 2.75) is 0 Å². The number of carboxylic acid groups (broad SMARTS) is 1. The smallest absolute Gasteiger partial charge is 0.355 e. The molecule has 0 spiro atoms. The van der Waals surface area contributed by atoms with Crippen LogP contribution >= 0.6 is 22.6 Å². The van der Waals surface area contributed by atoms with Crippen LogP contribution in [0.2, 0.25) is 0 Å². The molecule has 4 nitrogen and oxygen atoms in total. The minimum atomic E-state index is -1.05. The third kappa shape index (κ3) is 1.71. The zero-order chi connectivity index (χ0) is 11.7. The number of carboxylic acids is 1. The number of hydrogen-bond acceptors (Lipinski definition) is 3. The maximum atomic E-state index is 11.0. The van der Waals surface area contributed by atoms with Gasteiger partial charge in [-0.3, -0.25) is 0 Å². The summed E-state index contributed by atoms with van der Waals surface area (Å²) >= 11 is 1.94. The minimum absolute atomic E-state index is 0.0242. The lowest BCUT2D eigenvalue weighted by Crippen LogP contribution is -2.05. The molecule has 5 heteroatoms. The van der Waals surface area contributed by atoms with Gasteiger partial charge in [-0.25, -0.2) is 9.78 Å². The van der Waals surface area contributed by atoms with Gasteiger partial charge >= 0.3 is 5.97 Å². The molecule has 1 aromatic heterocycles. The summed E-state index contributed by atoms with van der Waals surface area (Å²) < 4.78 is 5.76. The van der Waals surface area contributed by atoms with Crippen molar-refractivity contribution in [1.29, 1.82) is 0 Å². The molecule has 2 aromatic rings. The number of ether oxygens (including phenoxy) is 1. The summed E-state index contributed by atoms with van der Waals surface area (Å²) in [6.45, 7) is 0. The molecule has 0 bridgehead atoms. The van der Waals surface area contributed by atoms with E-state index < -0.39 is 5.97 Å².